The zero-order valence-electron chi connectivity index (χ0n) is 26.5. The third-order valence-corrected chi connectivity index (χ3v) is 11.5. The molecule has 1 aromatic carbocycles. The molecule has 0 spiro atoms. The van der Waals surface area contributed by atoms with Crippen LogP contribution in [0.4, 0.5) is 5.82 Å². The summed E-state index contributed by atoms with van der Waals surface area (Å²) in [6, 6.07) is 10.5. The monoisotopic (exact) mass is 613 g/mol. The van der Waals surface area contributed by atoms with Crippen molar-refractivity contribution in [2.24, 2.45) is 17.3 Å². The second kappa shape index (κ2) is 11.9. The van der Waals surface area contributed by atoms with E-state index in [0.29, 0.717) is 36.5 Å². The van der Waals surface area contributed by atoms with Crippen LogP contribution in [0.15, 0.2) is 40.9 Å². The van der Waals surface area contributed by atoms with E-state index in [4.69, 9.17) is 19.2 Å². The summed E-state index contributed by atoms with van der Waals surface area (Å²) in [5.74, 6) is 2.84. The van der Waals surface area contributed by atoms with E-state index in [-0.39, 0.29) is 28.6 Å². The van der Waals surface area contributed by atoms with Crippen LogP contribution in [0, 0.1) is 24.2 Å². The van der Waals surface area contributed by atoms with Gasteiger partial charge in [0, 0.05) is 34.9 Å². The Hall–Kier alpha value is -3.75. The van der Waals surface area contributed by atoms with Crippen molar-refractivity contribution >= 4 is 17.7 Å². The molecule has 8 rings (SSSR count). The number of methoxy groups -OCH3 is 1. The number of fused-ring (bicyclic) bond motifs is 3. The van der Waals surface area contributed by atoms with Gasteiger partial charge in [-0.3, -0.25) is 9.69 Å². The lowest BCUT2D eigenvalue weighted by Gasteiger charge is -2.55. The first-order valence-electron chi connectivity index (χ1n) is 16.8. The van der Waals surface area contributed by atoms with E-state index < -0.39 is 5.97 Å². The molecule has 2 bridgehead atoms. The fourth-order valence-corrected chi connectivity index (χ4v) is 8.39. The number of hydrogen-bond acceptors (Lipinski definition) is 7. The molecular formula is C36H45N4O5+. The zero-order valence-corrected chi connectivity index (χ0v) is 26.5. The van der Waals surface area contributed by atoms with E-state index in [9.17, 15) is 9.59 Å². The zero-order chi connectivity index (χ0) is 31.2. The summed E-state index contributed by atoms with van der Waals surface area (Å²) in [4.78, 5) is 32.6. The first-order chi connectivity index (χ1) is 21.8. The van der Waals surface area contributed by atoms with Gasteiger partial charge in [0.2, 0.25) is 17.7 Å². The predicted octanol–water partition coefficient (Wildman–Crippen LogP) is 6.40. The summed E-state index contributed by atoms with van der Waals surface area (Å²) >= 11 is 0. The Balaban J connectivity index is 1.13. The van der Waals surface area contributed by atoms with Crippen molar-refractivity contribution < 1.29 is 23.8 Å². The van der Waals surface area contributed by atoms with Gasteiger partial charge in [-0.2, -0.15) is 0 Å². The van der Waals surface area contributed by atoms with Crippen molar-refractivity contribution in [3.05, 3.63) is 53.5 Å². The fraction of sp³-hybridized carbons (Fsp3) is 0.583. The number of pyridine rings is 1. The van der Waals surface area contributed by atoms with E-state index in [0.717, 1.165) is 88.4 Å². The van der Waals surface area contributed by atoms with Crippen LogP contribution < -0.4 is 9.64 Å². The second-order valence-electron chi connectivity index (χ2n) is 14.4. The Morgan fingerprint density at radius 1 is 0.978 bits per heavy atom. The number of ether oxygens (including phenoxy) is 1. The molecule has 1 amide bonds. The quantitative estimate of drug-likeness (QED) is 0.243. The number of carbonyl (C=O) groups excluding carboxylic acids is 2. The standard InChI is InChI=1S/C36H44N4O5/c1-23-19-28(9-10-29(23)44-2)36-15-12-35(13-16-36,14-17-36)22-40(34(43)26-5-3-24(4-6-26)20-31(41)42)30-21-27(11-18-37-30)33-39-38-32(45-33)25-7-8-25/h9-11,18-19,21,24-26H,3-8,12-17,20,22H2,1-2H3,(H,41,42)/p+1. The minimum atomic E-state index is -0.507. The Labute approximate surface area is 264 Å². The molecule has 2 aromatic heterocycles. The molecule has 0 saturated heterocycles. The van der Waals surface area contributed by atoms with Gasteiger partial charge >= 0.3 is 5.97 Å². The number of rotatable bonds is 10. The normalized spacial score (nSPS) is 27.7. The van der Waals surface area contributed by atoms with Crippen LogP contribution >= 0.6 is 0 Å². The van der Waals surface area contributed by atoms with E-state index in [1.807, 2.05) is 17.0 Å². The summed E-state index contributed by atoms with van der Waals surface area (Å²) in [5, 5.41) is 16.0. The predicted molar refractivity (Wildman–Crippen MR) is 170 cm³/mol. The van der Waals surface area contributed by atoms with Gasteiger partial charge in [-0.1, -0.05) is 12.1 Å². The Kier molecular flexibility index (Phi) is 7.90. The first kappa shape index (κ1) is 29.9. The minimum Gasteiger partial charge on any atom is -0.565 e. The number of nitrogens with zero attached hydrogens (tertiary/aromatic N) is 4. The van der Waals surface area contributed by atoms with Crippen LogP contribution in [0.5, 0.6) is 5.75 Å². The Bertz CT molecular complexity index is 1550. The smallest absolute Gasteiger partial charge is 0.516 e. The van der Waals surface area contributed by atoms with Gasteiger partial charge in [-0.15, -0.1) is 10.2 Å². The molecular weight excluding hydrogens is 568 g/mol. The van der Waals surface area contributed by atoms with Crippen LogP contribution in [0.25, 0.3) is 11.5 Å². The van der Waals surface area contributed by atoms with E-state index in [2.05, 4.69) is 35.3 Å². The molecule has 45 heavy (non-hydrogen) atoms. The first-order valence-corrected chi connectivity index (χ1v) is 16.8. The van der Waals surface area contributed by atoms with Crippen LogP contribution in [0.1, 0.15) is 106 Å². The summed E-state index contributed by atoms with van der Waals surface area (Å²) in [6.07, 6.45) is 13.9. The lowest BCUT2D eigenvalue weighted by atomic mass is 9.51. The summed E-state index contributed by atoms with van der Waals surface area (Å²) in [6.45, 7) is 2.78. The van der Waals surface area contributed by atoms with Crippen LogP contribution in [0.3, 0.4) is 0 Å². The maximum absolute atomic E-state index is 14.4. The highest BCUT2D eigenvalue weighted by Gasteiger charge is 2.51. The van der Waals surface area contributed by atoms with Crippen LogP contribution in [-0.4, -0.2) is 45.8 Å². The minimum absolute atomic E-state index is 0.0507. The van der Waals surface area contributed by atoms with Crippen molar-refractivity contribution in [1.82, 2.24) is 15.2 Å². The summed E-state index contributed by atoms with van der Waals surface area (Å²) < 4.78 is 11.5. The number of aromatic nitrogens is 3. The third-order valence-electron chi connectivity index (χ3n) is 11.5. The van der Waals surface area contributed by atoms with Crippen LogP contribution in [-0.2, 0) is 15.0 Å². The van der Waals surface area contributed by atoms with Gasteiger partial charge in [-0.25, -0.2) is 4.98 Å². The van der Waals surface area contributed by atoms with E-state index in [1.165, 1.54) is 11.1 Å². The molecule has 5 aliphatic rings. The van der Waals surface area contributed by atoms with Crippen molar-refractivity contribution in [3.8, 4) is 17.2 Å². The maximum Gasteiger partial charge on any atom is 0.516 e. The van der Waals surface area contributed by atoms with Crippen molar-refractivity contribution in [2.45, 2.75) is 102 Å². The van der Waals surface area contributed by atoms with Gasteiger partial charge in [-0.05, 0) is 130 Å². The number of carbonyl (C=O) groups is 2. The highest BCUT2D eigenvalue weighted by atomic mass is 16.5. The fourth-order valence-electron chi connectivity index (χ4n) is 8.39. The molecule has 0 unspecified atom stereocenters. The third kappa shape index (κ3) is 5.98. The van der Waals surface area contributed by atoms with Crippen LogP contribution in [0.2, 0.25) is 0 Å². The number of aryl methyl sites for hydroxylation is 1. The summed E-state index contributed by atoms with van der Waals surface area (Å²) in [7, 11) is 1.73. The van der Waals surface area contributed by atoms with E-state index in [1.54, 1.807) is 13.3 Å². The maximum atomic E-state index is 14.4. The molecule has 2 heterocycles. The number of amides is 1. The van der Waals surface area contributed by atoms with Crippen molar-refractivity contribution in [3.63, 3.8) is 0 Å². The number of hydrogen-bond donors (Lipinski definition) is 0. The lowest BCUT2D eigenvalue weighted by Crippen LogP contribution is -2.52. The molecule has 9 heteroatoms. The highest BCUT2D eigenvalue weighted by Crippen LogP contribution is 2.58. The van der Waals surface area contributed by atoms with E-state index >= 15 is 0 Å². The van der Waals surface area contributed by atoms with Gasteiger partial charge in [0.15, 0.2) is 0 Å². The molecule has 238 valence electrons. The van der Waals surface area contributed by atoms with Gasteiger partial charge in [0.05, 0.1) is 7.11 Å². The summed E-state index contributed by atoms with van der Waals surface area (Å²) in [5.41, 5.74) is 3.63. The molecule has 5 fully saturated rings. The molecule has 2 N–H and O–H groups in total. The van der Waals surface area contributed by atoms with Gasteiger partial charge < -0.3 is 14.3 Å². The molecule has 0 aliphatic heterocycles. The average molecular weight is 614 g/mol. The Morgan fingerprint density at radius 3 is 2.36 bits per heavy atom. The highest BCUT2D eigenvalue weighted by molar-refractivity contribution is 5.94. The molecule has 3 aromatic rings. The van der Waals surface area contributed by atoms with Crippen molar-refractivity contribution in [1.29, 1.82) is 0 Å². The number of anilines is 1. The molecule has 0 radical (unpaired) electrons. The van der Waals surface area contributed by atoms with Gasteiger partial charge in [0.1, 0.15) is 18.0 Å². The number of benzene rings is 1. The SMILES string of the molecule is COc1ccc(C23CCC(CN(C(=O)C4CCC(CC(=O)[OH2+])CC4)c4cc(-c5nnc(C6CC6)o5)ccn4)(CC2)CC3)cc1C. The topological polar surface area (TPSA) is 121 Å². The molecule has 9 nitrogen and oxygen atoms in total. The second-order valence-corrected chi connectivity index (χ2v) is 14.4. The molecule has 5 saturated carbocycles. The molecule has 5 aliphatic carbocycles. The average Bonchev–Trinajstić information content (AvgIpc) is 3.80. The Morgan fingerprint density at radius 2 is 1.71 bits per heavy atom. The molecule has 0 atom stereocenters. The largest absolute Gasteiger partial charge is 0.565 e. The van der Waals surface area contributed by atoms with Gasteiger partial charge in [0.25, 0.3) is 0 Å². The lowest BCUT2D eigenvalue weighted by molar-refractivity contribution is -0.138. The van der Waals surface area contributed by atoms with Crippen molar-refractivity contribution in [2.75, 3.05) is 18.6 Å².